The van der Waals surface area contributed by atoms with E-state index in [1.165, 1.54) is 6.42 Å². The Balaban J connectivity index is 1.87. The lowest BCUT2D eigenvalue weighted by Gasteiger charge is -2.33. The Morgan fingerprint density at radius 3 is 2.78 bits per heavy atom. The molecular formula is C14H26N2O2. The molecule has 0 spiro atoms. The fourth-order valence-corrected chi connectivity index (χ4v) is 3.26. The minimum absolute atomic E-state index is 0.183. The molecule has 3 atom stereocenters. The monoisotopic (exact) mass is 254 g/mol. The summed E-state index contributed by atoms with van der Waals surface area (Å²) in [6, 6.07) is 0.590. The highest BCUT2D eigenvalue weighted by atomic mass is 16.5. The molecule has 1 amide bonds. The van der Waals surface area contributed by atoms with E-state index in [-0.39, 0.29) is 12.0 Å². The molecule has 0 aliphatic carbocycles. The minimum Gasteiger partial charge on any atom is -0.375 e. The molecule has 0 radical (unpaired) electrons. The molecular weight excluding hydrogens is 228 g/mol. The van der Waals surface area contributed by atoms with Crippen LogP contribution in [0.15, 0.2) is 0 Å². The average Bonchev–Trinajstić information content (AvgIpc) is 2.69. The predicted octanol–water partition coefficient (Wildman–Crippen LogP) is 1.35. The molecule has 2 aliphatic heterocycles. The van der Waals surface area contributed by atoms with Gasteiger partial charge in [-0.1, -0.05) is 13.8 Å². The Kier molecular flexibility index (Phi) is 4.62. The summed E-state index contributed by atoms with van der Waals surface area (Å²) in [5.74, 6) is 1.00. The quantitative estimate of drug-likeness (QED) is 0.762. The van der Waals surface area contributed by atoms with Gasteiger partial charge in [0.1, 0.15) is 0 Å². The van der Waals surface area contributed by atoms with Crippen LogP contribution in [0.3, 0.4) is 0 Å². The number of nitrogens with zero attached hydrogens (tertiary/aromatic N) is 2. The first-order chi connectivity index (χ1) is 8.61. The predicted molar refractivity (Wildman–Crippen MR) is 71.4 cm³/mol. The minimum atomic E-state index is 0.183. The van der Waals surface area contributed by atoms with Gasteiger partial charge in [-0.2, -0.15) is 0 Å². The Bertz CT molecular complexity index is 296. The van der Waals surface area contributed by atoms with Crippen molar-refractivity contribution in [3.63, 3.8) is 0 Å². The molecule has 0 aromatic heterocycles. The third-order valence-corrected chi connectivity index (χ3v) is 4.35. The molecule has 0 aromatic carbocycles. The smallest absolute Gasteiger partial charge is 0.236 e. The summed E-state index contributed by atoms with van der Waals surface area (Å²) in [5.41, 5.74) is 0. The van der Waals surface area contributed by atoms with Crippen LogP contribution in [-0.4, -0.2) is 60.6 Å². The standard InChI is InChI=1S/C14H26N2O2/c1-4-13-11(2)5-6-15(13)10-14(17)16-7-8-18-12(3)9-16/h11-13H,4-10H2,1-3H3/t11-,12-,13+/m0/s1. The van der Waals surface area contributed by atoms with Crippen molar-refractivity contribution in [2.45, 2.75) is 45.8 Å². The van der Waals surface area contributed by atoms with Crippen molar-refractivity contribution in [1.82, 2.24) is 9.80 Å². The molecule has 18 heavy (non-hydrogen) atoms. The molecule has 0 unspecified atom stereocenters. The molecule has 0 bridgehead atoms. The van der Waals surface area contributed by atoms with E-state index in [2.05, 4.69) is 18.7 Å². The second-order valence-corrected chi connectivity index (χ2v) is 5.73. The van der Waals surface area contributed by atoms with Gasteiger partial charge in [0, 0.05) is 19.1 Å². The second-order valence-electron chi connectivity index (χ2n) is 5.73. The number of hydrogen-bond donors (Lipinski definition) is 0. The lowest BCUT2D eigenvalue weighted by Crippen LogP contribution is -2.49. The highest BCUT2D eigenvalue weighted by Crippen LogP contribution is 2.25. The Labute approximate surface area is 110 Å². The third kappa shape index (κ3) is 3.04. The van der Waals surface area contributed by atoms with Crippen LogP contribution in [0, 0.1) is 5.92 Å². The lowest BCUT2D eigenvalue weighted by molar-refractivity contribution is -0.139. The number of hydrogen-bond acceptors (Lipinski definition) is 3. The summed E-state index contributed by atoms with van der Waals surface area (Å²) >= 11 is 0. The number of likely N-dealkylation sites (tertiary alicyclic amines) is 1. The maximum atomic E-state index is 12.3. The van der Waals surface area contributed by atoms with E-state index in [0.717, 1.165) is 32.0 Å². The van der Waals surface area contributed by atoms with Crippen molar-refractivity contribution in [2.75, 3.05) is 32.8 Å². The Hall–Kier alpha value is -0.610. The molecule has 2 rings (SSSR count). The first-order valence-corrected chi connectivity index (χ1v) is 7.25. The molecule has 2 fully saturated rings. The summed E-state index contributed by atoms with van der Waals surface area (Å²) < 4.78 is 5.48. The van der Waals surface area contributed by atoms with Gasteiger partial charge in [-0.25, -0.2) is 0 Å². The van der Waals surface area contributed by atoms with Gasteiger partial charge >= 0.3 is 0 Å². The molecule has 4 nitrogen and oxygen atoms in total. The fraction of sp³-hybridized carbons (Fsp3) is 0.929. The van der Waals surface area contributed by atoms with Gasteiger partial charge in [-0.05, 0) is 32.2 Å². The number of ether oxygens (including phenoxy) is 1. The number of carbonyl (C=O) groups is 1. The number of morpholine rings is 1. The van der Waals surface area contributed by atoms with Crippen molar-refractivity contribution < 1.29 is 9.53 Å². The van der Waals surface area contributed by atoms with E-state index in [9.17, 15) is 4.79 Å². The van der Waals surface area contributed by atoms with Gasteiger partial charge in [0.15, 0.2) is 0 Å². The van der Waals surface area contributed by atoms with Gasteiger partial charge < -0.3 is 9.64 Å². The highest BCUT2D eigenvalue weighted by Gasteiger charge is 2.32. The summed E-state index contributed by atoms with van der Waals surface area (Å²) in [4.78, 5) is 16.6. The third-order valence-electron chi connectivity index (χ3n) is 4.35. The van der Waals surface area contributed by atoms with Crippen LogP contribution in [0.4, 0.5) is 0 Å². The molecule has 2 saturated heterocycles. The molecule has 0 saturated carbocycles. The molecule has 0 aromatic rings. The average molecular weight is 254 g/mol. The highest BCUT2D eigenvalue weighted by molar-refractivity contribution is 5.78. The van der Waals surface area contributed by atoms with E-state index in [4.69, 9.17) is 4.74 Å². The number of carbonyl (C=O) groups excluding carboxylic acids is 1. The van der Waals surface area contributed by atoms with Crippen LogP contribution in [0.1, 0.15) is 33.6 Å². The largest absolute Gasteiger partial charge is 0.375 e. The summed E-state index contributed by atoms with van der Waals surface area (Å²) in [6.07, 6.45) is 2.56. The molecule has 4 heteroatoms. The second kappa shape index (κ2) is 6.02. The topological polar surface area (TPSA) is 32.8 Å². The van der Waals surface area contributed by atoms with E-state index in [1.807, 2.05) is 11.8 Å². The molecule has 104 valence electrons. The van der Waals surface area contributed by atoms with Gasteiger partial charge in [0.05, 0.1) is 19.3 Å². The van der Waals surface area contributed by atoms with Crippen LogP contribution in [0.2, 0.25) is 0 Å². The summed E-state index contributed by atoms with van der Waals surface area (Å²) in [5, 5.41) is 0. The van der Waals surface area contributed by atoms with Crippen LogP contribution in [-0.2, 0) is 9.53 Å². The maximum absolute atomic E-state index is 12.3. The van der Waals surface area contributed by atoms with Gasteiger partial charge in [0.25, 0.3) is 0 Å². The van der Waals surface area contributed by atoms with Gasteiger partial charge in [0.2, 0.25) is 5.91 Å². The first kappa shape index (κ1) is 13.8. The van der Waals surface area contributed by atoms with Crippen molar-refractivity contribution in [3.8, 4) is 0 Å². The number of amides is 1. The van der Waals surface area contributed by atoms with Crippen LogP contribution < -0.4 is 0 Å². The van der Waals surface area contributed by atoms with E-state index in [0.29, 0.717) is 19.2 Å². The van der Waals surface area contributed by atoms with E-state index >= 15 is 0 Å². The van der Waals surface area contributed by atoms with E-state index in [1.54, 1.807) is 0 Å². The Morgan fingerprint density at radius 2 is 2.11 bits per heavy atom. The first-order valence-electron chi connectivity index (χ1n) is 7.25. The van der Waals surface area contributed by atoms with Crippen molar-refractivity contribution in [1.29, 1.82) is 0 Å². The Morgan fingerprint density at radius 1 is 1.33 bits per heavy atom. The van der Waals surface area contributed by atoms with E-state index < -0.39 is 0 Å². The van der Waals surface area contributed by atoms with Gasteiger partial charge in [-0.15, -0.1) is 0 Å². The zero-order chi connectivity index (χ0) is 13.1. The van der Waals surface area contributed by atoms with Crippen LogP contribution in [0.5, 0.6) is 0 Å². The van der Waals surface area contributed by atoms with Gasteiger partial charge in [-0.3, -0.25) is 9.69 Å². The van der Waals surface area contributed by atoms with Crippen LogP contribution >= 0.6 is 0 Å². The molecule has 2 heterocycles. The van der Waals surface area contributed by atoms with Crippen molar-refractivity contribution >= 4 is 5.91 Å². The van der Waals surface area contributed by atoms with Crippen molar-refractivity contribution in [3.05, 3.63) is 0 Å². The summed E-state index contributed by atoms with van der Waals surface area (Å²) in [6.45, 7) is 10.4. The molecule has 0 N–H and O–H groups in total. The zero-order valence-electron chi connectivity index (χ0n) is 11.9. The van der Waals surface area contributed by atoms with Crippen LogP contribution in [0.25, 0.3) is 0 Å². The lowest BCUT2D eigenvalue weighted by atomic mass is 10.0. The molecule has 2 aliphatic rings. The zero-order valence-corrected chi connectivity index (χ0v) is 11.9. The normalized spacial score (nSPS) is 33.9. The SMILES string of the molecule is CC[C@@H]1[C@@H](C)CCN1CC(=O)N1CCO[C@@H](C)C1. The fourth-order valence-electron chi connectivity index (χ4n) is 3.26. The number of rotatable bonds is 3. The maximum Gasteiger partial charge on any atom is 0.236 e. The van der Waals surface area contributed by atoms with Crippen molar-refractivity contribution in [2.24, 2.45) is 5.92 Å². The summed E-state index contributed by atoms with van der Waals surface area (Å²) in [7, 11) is 0.